The molecular formula is C23H28N2O4S. The molecule has 6 nitrogen and oxygen atoms in total. The van der Waals surface area contributed by atoms with E-state index < -0.39 is 10.0 Å². The predicted octanol–water partition coefficient (Wildman–Crippen LogP) is 3.74. The monoisotopic (exact) mass is 428 g/mol. The summed E-state index contributed by atoms with van der Waals surface area (Å²) in [4.78, 5) is 12.4. The van der Waals surface area contributed by atoms with E-state index >= 15 is 0 Å². The molecule has 7 heteroatoms. The molecule has 0 bridgehead atoms. The quantitative estimate of drug-likeness (QED) is 0.572. The van der Waals surface area contributed by atoms with Crippen molar-refractivity contribution in [1.29, 1.82) is 0 Å². The third kappa shape index (κ3) is 5.49. The molecule has 3 rings (SSSR count). The number of hydrogen-bond donors (Lipinski definition) is 2. The van der Waals surface area contributed by atoms with E-state index in [0.717, 1.165) is 33.2 Å². The normalized spacial score (nSPS) is 11.9. The van der Waals surface area contributed by atoms with Gasteiger partial charge in [-0.25, -0.2) is 13.1 Å². The number of sulfonamides is 1. The van der Waals surface area contributed by atoms with E-state index in [0.29, 0.717) is 12.1 Å². The fourth-order valence-corrected chi connectivity index (χ4v) is 4.77. The van der Waals surface area contributed by atoms with Crippen molar-refractivity contribution < 1.29 is 17.6 Å². The number of benzene rings is 2. The number of furan rings is 1. The zero-order valence-corrected chi connectivity index (χ0v) is 18.6. The van der Waals surface area contributed by atoms with Gasteiger partial charge < -0.3 is 9.73 Å². The smallest absolute Gasteiger partial charge is 0.224 e. The Labute approximate surface area is 177 Å². The van der Waals surface area contributed by atoms with Gasteiger partial charge in [0.05, 0.1) is 18.4 Å². The maximum Gasteiger partial charge on any atom is 0.224 e. The lowest BCUT2D eigenvalue weighted by Crippen LogP contribution is -2.31. The Morgan fingerprint density at radius 1 is 1.03 bits per heavy atom. The number of carbonyl (C=O) groups is 1. The van der Waals surface area contributed by atoms with E-state index in [9.17, 15) is 13.2 Å². The fourth-order valence-electron chi connectivity index (χ4n) is 3.33. The molecule has 0 saturated carbocycles. The van der Waals surface area contributed by atoms with Crippen LogP contribution in [0.3, 0.4) is 0 Å². The van der Waals surface area contributed by atoms with Gasteiger partial charge in [-0.1, -0.05) is 36.4 Å². The Bertz CT molecular complexity index is 1150. The van der Waals surface area contributed by atoms with E-state index in [2.05, 4.69) is 10.0 Å². The highest BCUT2D eigenvalue weighted by molar-refractivity contribution is 7.88. The van der Waals surface area contributed by atoms with Crippen LogP contribution < -0.4 is 10.0 Å². The van der Waals surface area contributed by atoms with Crippen molar-refractivity contribution in [2.75, 3.05) is 0 Å². The van der Waals surface area contributed by atoms with E-state index in [1.165, 1.54) is 0 Å². The summed E-state index contributed by atoms with van der Waals surface area (Å²) in [6, 6.07) is 11.1. The molecule has 0 fully saturated rings. The standard InChI is InChI=1S/C23H28N2O4S/c1-15(2)25-30(27,28)14-19-8-6-18(7-9-19)12-24-22(26)11-20-13-29-23-17(4)16(3)5-10-21(20)23/h5-10,13,15,25H,11-12,14H2,1-4H3,(H,24,26). The third-order valence-corrected chi connectivity index (χ3v) is 6.52. The molecule has 0 aliphatic rings. The molecule has 1 aromatic heterocycles. The molecule has 2 N–H and O–H groups in total. The highest BCUT2D eigenvalue weighted by Crippen LogP contribution is 2.26. The molecule has 30 heavy (non-hydrogen) atoms. The van der Waals surface area contributed by atoms with Gasteiger partial charge in [-0.15, -0.1) is 0 Å². The van der Waals surface area contributed by atoms with Crippen LogP contribution in [0.5, 0.6) is 0 Å². The van der Waals surface area contributed by atoms with Crippen molar-refractivity contribution >= 4 is 26.9 Å². The Balaban J connectivity index is 1.57. The van der Waals surface area contributed by atoms with Gasteiger partial charge in [0.1, 0.15) is 5.58 Å². The Morgan fingerprint density at radius 3 is 2.37 bits per heavy atom. The van der Waals surface area contributed by atoms with Crippen molar-refractivity contribution in [1.82, 2.24) is 10.0 Å². The molecule has 3 aromatic rings. The van der Waals surface area contributed by atoms with Crippen molar-refractivity contribution in [2.45, 2.75) is 52.5 Å². The molecule has 0 radical (unpaired) electrons. The highest BCUT2D eigenvalue weighted by Gasteiger charge is 2.14. The minimum Gasteiger partial charge on any atom is -0.464 e. The van der Waals surface area contributed by atoms with Crippen LogP contribution in [0.25, 0.3) is 11.0 Å². The van der Waals surface area contributed by atoms with Crippen molar-refractivity contribution in [3.8, 4) is 0 Å². The summed E-state index contributed by atoms with van der Waals surface area (Å²) in [5.41, 5.74) is 5.55. The topological polar surface area (TPSA) is 88.4 Å². The first kappa shape index (κ1) is 22.1. The van der Waals surface area contributed by atoms with Gasteiger partial charge in [0.15, 0.2) is 0 Å². The maximum atomic E-state index is 12.4. The van der Waals surface area contributed by atoms with E-state index in [1.54, 1.807) is 32.2 Å². The van der Waals surface area contributed by atoms with Crippen LogP contribution in [0.2, 0.25) is 0 Å². The zero-order valence-electron chi connectivity index (χ0n) is 17.8. The summed E-state index contributed by atoms with van der Waals surface area (Å²) < 4.78 is 32.3. The Morgan fingerprint density at radius 2 is 1.70 bits per heavy atom. The molecular weight excluding hydrogens is 400 g/mol. The number of rotatable bonds is 8. The summed E-state index contributed by atoms with van der Waals surface area (Å²) in [7, 11) is -3.35. The molecule has 0 saturated heterocycles. The number of fused-ring (bicyclic) bond motifs is 1. The molecule has 0 spiro atoms. The van der Waals surface area contributed by atoms with E-state index in [4.69, 9.17) is 4.42 Å². The molecule has 1 heterocycles. The van der Waals surface area contributed by atoms with Crippen molar-refractivity contribution in [2.24, 2.45) is 0 Å². The Hall–Kier alpha value is -2.64. The minimum atomic E-state index is -3.35. The second-order valence-electron chi connectivity index (χ2n) is 7.95. The first-order valence-electron chi connectivity index (χ1n) is 9.95. The minimum absolute atomic E-state index is 0.0652. The summed E-state index contributed by atoms with van der Waals surface area (Å²) >= 11 is 0. The summed E-state index contributed by atoms with van der Waals surface area (Å²) in [5, 5.41) is 3.88. The molecule has 1 amide bonds. The Kier molecular flexibility index (Phi) is 6.63. The highest BCUT2D eigenvalue weighted by atomic mass is 32.2. The van der Waals surface area contributed by atoms with Gasteiger partial charge in [-0.3, -0.25) is 4.79 Å². The van der Waals surface area contributed by atoms with E-state index in [1.807, 2.05) is 38.1 Å². The average molecular weight is 429 g/mol. The third-order valence-electron chi connectivity index (χ3n) is 4.98. The molecule has 2 aromatic carbocycles. The number of nitrogens with one attached hydrogen (secondary N) is 2. The molecule has 0 unspecified atom stereocenters. The van der Waals surface area contributed by atoms with Gasteiger partial charge in [-0.2, -0.15) is 0 Å². The molecule has 0 aliphatic heterocycles. The lowest BCUT2D eigenvalue weighted by molar-refractivity contribution is -0.120. The van der Waals surface area contributed by atoms with Gasteiger partial charge >= 0.3 is 0 Å². The van der Waals surface area contributed by atoms with Gasteiger partial charge in [-0.05, 0) is 49.9 Å². The predicted molar refractivity (Wildman–Crippen MR) is 119 cm³/mol. The fraction of sp³-hybridized carbons (Fsp3) is 0.348. The first-order valence-corrected chi connectivity index (χ1v) is 11.6. The maximum absolute atomic E-state index is 12.4. The van der Waals surface area contributed by atoms with Crippen molar-refractivity contribution in [3.63, 3.8) is 0 Å². The van der Waals surface area contributed by atoms with Gasteiger partial charge in [0, 0.05) is 23.5 Å². The number of carbonyl (C=O) groups excluding carboxylic acids is 1. The van der Waals surface area contributed by atoms with Crippen LogP contribution in [0, 0.1) is 13.8 Å². The largest absolute Gasteiger partial charge is 0.464 e. The number of amides is 1. The van der Waals surface area contributed by atoms with Gasteiger partial charge in [0.2, 0.25) is 15.9 Å². The SMILES string of the molecule is Cc1ccc2c(CC(=O)NCc3ccc(CS(=O)(=O)NC(C)C)cc3)coc2c1C. The van der Waals surface area contributed by atoms with E-state index in [-0.39, 0.29) is 24.1 Å². The van der Waals surface area contributed by atoms with Crippen LogP contribution in [-0.4, -0.2) is 20.4 Å². The van der Waals surface area contributed by atoms with Gasteiger partial charge in [0.25, 0.3) is 0 Å². The lowest BCUT2D eigenvalue weighted by atomic mass is 10.0. The average Bonchev–Trinajstić information content (AvgIpc) is 3.06. The molecule has 160 valence electrons. The summed E-state index contributed by atoms with van der Waals surface area (Å²) in [5.74, 6) is -0.159. The van der Waals surface area contributed by atoms with Crippen LogP contribution in [0.1, 0.15) is 41.7 Å². The van der Waals surface area contributed by atoms with Crippen molar-refractivity contribution in [3.05, 3.63) is 70.5 Å². The molecule has 0 aliphatic carbocycles. The lowest BCUT2D eigenvalue weighted by Gasteiger charge is -2.10. The van der Waals surface area contributed by atoms with Crippen LogP contribution in [-0.2, 0) is 33.5 Å². The number of aryl methyl sites for hydroxylation is 2. The second-order valence-corrected chi connectivity index (χ2v) is 9.70. The number of hydrogen-bond acceptors (Lipinski definition) is 4. The van der Waals surface area contributed by atoms with Crippen LogP contribution in [0.4, 0.5) is 0 Å². The summed E-state index contributed by atoms with van der Waals surface area (Å²) in [6.07, 6.45) is 1.89. The first-order chi connectivity index (χ1) is 14.1. The van der Waals surface area contributed by atoms with Crippen LogP contribution >= 0.6 is 0 Å². The summed E-state index contributed by atoms with van der Waals surface area (Å²) in [6.45, 7) is 8.00. The van der Waals surface area contributed by atoms with Crippen LogP contribution in [0.15, 0.2) is 47.1 Å². The second kappa shape index (κ2) is 9.02. The molecule has 0 atom stereocenters. The zero-order chi connectivity index (χ0) is 21.9.